The highest BCUT2D eigenvalue weighted by Crippen LogP contribution is 2.40. The third-order valence-electron chi connectivity index (χ3n) is 5.47. The molecule has 2 unspecified atom stereocenters. The molecule has 0 bridgehead atoms. The number of piperidine rings is 1. The van der Waals surface area contributed by atoms with Gasteiger partial charge in [-0.2, -0.15) is 13.2 Å². The van der Waals surface area contributed by atoms with Crippen molar-refractivity contribution in [3.05, 3.63) is 29.8 Å². The molecule has 0 aromatic heterocycles. The summed E-state index contributed by atoms with van der Waals surface area (Å²) in [7, 11) is 1.71. The Labute approximate surface area is 174 Å². The number of carboxylic acid groups (broad SMARTS) is 1. The van der Waals surface area contributed by atoms with E-state index in [4.69, 9.17) is 24.1 Å². The van der Waals surface area contributed by atoms with E-state index < -0.39 is 12.1 Å². The maximum atomic E-state index is 10.6. The van der Waals surface area contributed by atoms with E-state index in [1.807, 2.05) is 12.1 Å². The third kappa shape index (κ3) is 6.85. The van der Waals surface area contributed by atoms with E-state index in [-0.39, 0.29) is 5.41 Å². The number of ether oxygens (including phenoxy) is 3. The Hall–Kier alpha value is -1.84. The van der Waals surface area contributed by atoms with Crippen LogP contribution in [0, 0.1) is 5.41 Å². The van der Waals surface area contributed by atoms with Crippen molar-refractivity contribution in [2.24, 2.45) is 5.41 Å². The average molecular weight is 433 g/mol. The van der Waals surface area contributed by atoms with Crippen molar-refractivity contribution in [3.8, 4) is 5.75 Å². The lowest BCUT2D eigenvalue weighted by Gasteiger charge is -2.50. The second-order valence-corrected chi connectivity index (χ2v) is 7.61. The first-order valence-corrected chi connectivity index (χ1v) is 10.0. The molecule has 30 heavy (non-hydrogen) atoms. The van der Waals surface area contributed by atoms with Gasteiger partial charge in [0.25, 0.3) is 0 Å². The molecular formula is C21H30F3NO5. The fraction of sp³-hybridized carbons (Fsp3) is 0.667. The Morgan fingerprint density at radius 3 is 2.57 bits per heavy atom. The topological polar surface area (TPSA) is 68.2 Å². The number of fused-ring (bicyclic) bond motifs is 1. The molecule has 2 fully saturated rings. The SMILES string of the molecule is CCOCC12CCCOC1CCN(Cc1ccc(OC)cc1)C2.O=C(O)C(F)(F)F. The van der Waals surface area contributed by atoms with Crippen molar-refractivity contribution in [1.29, 1.82) is 0 Å². The van der Waals surface area contributed by atoms with Crippen LogP contribution in [-0.4, -0.2) is 68.3 Å². The van der Waals surface area contributed by atoms with Crippen molar-refractivity contribution < 1.29 is 37.3 Å². The van der Waals surface area contributed by atoms with Gasteiger partial charge in [0, 0.05) is 38.3 Å². The van der Waals surface area contributed by atoms with Gasteiger partial charge in [-0.1, -0.05) is 12.1 Å². The van der Waals surface area contributed by atoms with Crippen LogP contribution < -0.4 is 4.74 Å². The van der Waals surface area contributed by atoms with Crippen molar-refractivity contribution >= 4 is 5.97 Å². The summed E-state index contributed by atoms with van der Waals surface area (Å²) < 4.78 is 48.9. The molecule has 1 aromatic carbocycles. The Balaban J connectivity index is 0.000000396. The summed E-state index contributed by atoms with van der Waals surface area (Å²) in [5.74, 6) is -1.84. The molecule has 2 saturated heterocycles. The van der Waals surface area contributed by atoms with E-state index in [0.717, 1.165) is 58.0 Å². The first-order chi connectivity index (χ1) is 14.2. The highest BCUT2D eigenvalue weighted by atomic mass is 19.4. The summed E-state index contributed by atoms with van der Waals surface area (Å²) >= 11 is 0. The fourth-order valence-corrected chi connectivity index (χ4v) is 4.02. The highest BCUT2D eigenvalue weighted by Gasteiger charge is 2.46. The van der Waals surface area contributed by atoms with Crippen molar-refractivity contribution in [1.82, 2.24) is 4.90 Å². The quantitative estimate of drug-likeness (QED) is 0.737. The lowest BCUT2D eigenvalue weighted by atomic mass is 9.73. The van der Waals surface area contributed by atoms with Gasteiger partial charge < -0.3 is 19.3 Å². The first kappa shape index (κ1) is 24.4. The molecule has 2 aliphatic rings. The van der Waals surface area contributed by atoms with Crippen LogP contribution in [0.15, 0.2) is 24.3 Å². The summed E-state index contributed by atoms with van der Waals surface area (Å²) in [5.41, 5.74) is 1.52. The van der Waals surface area contributed by atoms with Crippen LogP contribution in [0.1, 0.15) is 31.7 Å². The van der Waals surface area contributed by atoms with Gasteiger partial charge in [-0.3, -0.25) is 4.90 Å². The normalized spacial score (nSPS) is 24.4. The number of benzene rings is 1. The third-order valence-corrected chi connectivity index (χ3v) is 5.47. The predicted molar refractivity (Wildman–Crippen MR) is 104 cm³/mol. The lowest BCUT2D eigenvalue weighted by Crippen LogP contribution is -2.56. The van der Waals surface area contributed by atoms with E-state index in [1.54, 1.807) is 7.11 Å². The minimum absolute atomic E-state index is 0.180. The second-order valence-electron chi connectivity index (χ2n) is 7.61. The first-order valence-electron chi connectivity index (χ1n) is 10.0. The van der Waals surface area contributed by atoms with Gasteiger partial charge in [0.15, 0.2) is 0 Å². The molecule has 6 nitrogen and oxygen atoms in total. The molecule has 0 saturated carbocycles. The van der Waals surface area contributed by atoms with Crippen LogP contribution in [0.3, 0.4) is 0 Å². The number of halogens is 3. The molecule has 2 heterocycles. The van der Waals surface area contributed by atoms with Crippen LogP contribution in [0.2, 0.25) is 0 Å². The minimum atomic E-state index is -5.08. The molecular weight excluding hydrogens is 403 g/mol. The maximum absolute atomic E-state index is 10.6. The van der Waals surface area contributed by atoms with Gasteiger partial charge in [-0.25, -0.2) is 4.79 Å². The van der Waals surface area contributed by atoms with Crippen molar-refractivity contribution in [2.45, 2.75) is 45.0 Å². The molecule has 170 valence electrons. The molecule has 2 aliphatic heterocycles. The number of hydrogen-bond acceptors (Lipinski definition) is 5. The number of aliphatic carboxylic acids is 1. The number of likely N-dealkylation sites (tertiary alicyclic amines) is 1. The van der Waals surface area contributed by atoms with Crippen LogP contribution in [-0.2, 0) is 20.8 Å². The molecule has 0 radical (unpaired) electrons. The van der Waals surface area contributed by atoms with Gasteiger partial charge in [0.2, 0.25) is 0 Å². The molecule has 1 aromatic rings. The van der Waals surface area contributed by atoms with Gasteiger partial charge >= 0.3 is 12.1 Å². The zero-order valence-corrected chi connectivity index (χ0v) is 17.4. The zero-order valence-electron chi connectivity index (χ0n) is 17.4. The maximum Gasteiger partial charge on any atom is 0.490 e. The summed E-state index contributed by atoms with van der Waals surface area (Å²) in [6, 6.07) is 8.42. The summed E-state index contributed by atoms with van der Waals surface area (Å²) in [4.78, 5) is 11.5. The molecule has 3 rings (SSSR count). The van der Waals surface area contributed by atoms with Crippen molar-refractivity contribution in [3.63, 3.8) is 0 Å². The van der Waals surface area contributed by atoms with Crippen LogP contribution in [0.5, 0.6) is 5.75 Å². The van der Waals surface area contributed by atoms with E-state index in [9.17, 15) is 13.2 Å². The molecule has 2 atom stereocenters. The van der Waals surface area contributed by atoms with E-state index >= 15 is 0 Å². The van der Waals surface area contributed by atoms with Gasteiger partial charge in [-0.05, 0) is 43.9 Å². The smallest absolute Gasteiger partial charge is 0.490 e. The Morgan fingerprint density at radius 1 is 1.33 bits per heavy atom. The Kier molecular flexibility index (Phi) is 8.93. The van der Waals surface area contributed by atoms with Gasteiger partial charge in [-0.15, -0.1) is 0 Å². The molecule has 0 amide bonds. The van der Waals surface area contributed by atoms with Gasteiger partial charge in [0.1, 0.15) is 5.75 Å². The fourth-order valence-electron chi connectivity index (χ4n) is 4.02. The van der Waals surface area contributed by atoms with Crippen LogP contribution in [0.25, 0.3) is 0 Å². The summed E-state index contributed by atoms with van der Waals surface area (Å²) in [6.07, 6.45) is -1.23. The standard InChI is InChI=1S/C19H29NO3.C2HF3O2/c1-3-22-15-19-10-4-12-23-18(19)9-11-20(14-19)13-16-5-7-17(21-2)8-6-16;3-2(4,5)1(6)7/h5-8,18H,3-4,9-15H2,1-2H3;(H,6,7). The predicted octanol–water partition coefficient (Wildman–Crippen LogP) is 3.74. The number of rotatable bonds is 6. The summed E-state index contributed by atoms with van der Waals surface area (Å²) in [6.45, 7) is 7.77. The largest absolute Gasteiger partial charge is 0.497 e. The highest BCUT2D eigenvalue weighted by molar-refractivity contribution is 5.73. The monoisotopic (exact) mass is 433 g/mol. The van der Waals surface area contributed by atoms with E-state index in [2.05, 4.69) is 24.0 Å². The second kappa shape index (κ2) is 11.0. The van der Waals surface area contributed by atoms with E-state index in [1.165, 1.54) is 12.0 Å². The van der Waals surface area contributed by atoms with E-state index in [0.29, 0.717) is 6.10 Å². The number of methoxy groups -OCH3 is 1. The van der Waals surface area contributed by atoms with Crippen LogP contribution in [0.4, 0.5) is 13.2 Å². The molecule has 1 N–H and O–H groups in total. The zero-order chi connectivity index (χ0) is 22.2. The number of hydrogen-bond donors (Lipinski definition) is 1. The number of carbonyl (C=O) groups is 1. The molecule has 0 aliphatic carbocycles. The van der Waals surface area contributed by atoms with Crippen molar-refractivity contribution in [2.75, 3.05) is 40.0 Å². The summed E-state index contributed by atoms with van der Waals surface area (Å²) in [5, 5.41) is 7.12. The molecule has 9 heteroatoms. The number of carboxylic acids is 1. The van der Waals surface area contributed by atoms with Gasteiger partial charge in [0.05, 0.1) is 19.8 Å². The number of nitrogens with zero attached hydrogens (tertiary/aromatic N) is 1. The minimum Gasteiger partial charge on any atom is -0.497 e. The Morgan fingerprint density at radius 2 is 2.00 bits per heavy atom. The molecule has 0 spiro atoms. The average Bonchev–Trinajstić information content (AvgIpc) is 2.72. The van der Waals surface area contributed by atoms with Crippen LogP contribution >= 0.6 is 0 Å². The number of alkyl halides is 3. The lowest BCUT2D eigenvalue weighted by molar-refractivity contribution is -0.192. The Bertz CT molecular complexity index is 668.